The molecule has 1 saturated heterocycles. The van der Waals surface area contributed by atoms with Crippen LogP contribution in [0.4, 0.5) is 0 Å². The number of aromatic nitrogens is 2. The van der Waals surface area contributed by atoms with Crippen molar-refractivity contribution in [3.05, 3.63) is 41.5 Å². The normalized spacial score (nSPS) is 18.0. The van der Waals surface area contributed by atoms with Crippen LogP contribution in [0.3, 0.4) is 0 Å². The van der Waals surface area contributed by atoms with E-state index in [1.54, 1.807) is 31.4 Å². The lowest BCUT2D eigenvalue weighted by Crippen LogP contribution is -2.39. The standard InChI is InChI=1S/C17H21N3O3/c1-3-15-18-16(23-19-15)13-5-4-10-20(11-13)17(21)12-6-8-14(22-2)9-7-12/h6-9,13H,3-5,10-11H2,1-2H3/t13-/m0/s1. The molecule has 1 aromatic heterocycles. The number of nitrogens with zero attached hydrogens (tertiary/aromatic N) is 3. The van der Waals surface area contributed by atoms with Crippen LogP contribution in [0, 0.1) is 0 Å². The first-order valence-electron chi connectivity index (χ1n) is 7.97. The molecule has 1 aliphatic rings. The van der Waals surface area contributed by atoms with Crippen molar-refractivity contribution in [2.75, 3.05) is 20.2 Å². The van der Waals surface area contributed by atoms with E-state index in [1.807, 2.05) is 11.8 Å². The lowest BCUT2D eigenvalue weighted by Gasteiger charge is -2.31. The van der Waals surface area contributed by atoms with Crippen LogP contribution in [0.5, 0.6) is 5.75 Å². The summed E-state index contributed by atoms with van der Waals surface area (Å²) in [7, 11) is 1.61. The van der Waals surface area contributed by atoms with Gasteiger partial charge in [0.1, 0.15) is 5.75 Å². The van der Waals surface area contributed by atoms with Crippen LogP contribution in [-0.2, 0) is 6.42 Å². The summed E-state index contributed by atoms with van der Waals surface area (Å²) in [6.07, 6.45) is 2.67. The second-order valence-electron chi connectivity index (χ2n) is 5.72. The van der Waals surface area contributed by atoms with Gasteiger partial charge in [-0.2, -0.15) is 4.98 Å². The SMILES string of the molecule is CCc1noc([C@H]2CCCN(C(=O)c3ccc(OC)cc3)C2)n1. The van der Waals surface area contributed by atoms with Crippen molar-refractivity contribution in [1.29, 1.82) is 0 Å². The third kappa shape index (κ3) is 3.36. The molecular weight excluding hydrogens is 294 g/mol. The zero-order chi connectivity index (χ0) is 16.2. The summed E-state index contributed by atoms with van der Waals surface area (Å²) in [6, 6.07) is 7.21. The van der Waals surface area contributed by atoms with E-state index < -0.39 is 0 Å². The molecule has 1 atom stereocenters. The van der Waals surface area contributed by atoms with Gasteiger partial charge in [0.15, 0.2) is 5.82 Å². The lowest BCUT2D eigenvalue weighted by molar-refractivity contribution is 0.0695. The van der Waals surface area contributed by atoms with Crippen LogP contribution in [-0.4, -0.2) is 41.1 Å². The number of carbonyl (C=O) groups excluding carboxylic acids is 1. The number of amides is 1. The number of piperidine rings is 1. The Kier molecular flexibility index (Phi) is 4.60. The Morgan fingerprint density at radius 2 is 2.17 bits per heavy atom. The molecule has 2 aromatic rings. The van der Waals surface area contributed by atoms with Crippen LogP contribution in [0.25, 0.3) is 0 Å². The summed E-state index contributed by atoms with van der Waals surface area (Å²) in [4.78, 5) is 18.9. The van der Waals surface area contributed by atoms with E-state index >= 15 is 0 Å². The zero-order valence-electron chi connectivity index (χ0n) is 13.5. The first kappa shape index (κ1) is 15.5. The maximum absolute atomic E-state index is 12.7. The summed E-state index contributed by atoms with van der Waals surface area (Å²) < 4.78 is 10.5. The van der Waals surface area contributed by atoms with Crippen LogP contribution >= 0.6 is 0 Å². The van der Waals surface area contributed by atoms with E-state index in [4.69, 9.17) is 9.26 Å². The van der Waals surface area contributed by atoms with Crippen molar-refractivity contribution >= 4 is 5.91 Å². The summed E-state index contributed by atoms with van der Waals surface area (Å²) in [5.41, 5.74) is 0.672. The van der Waals surface area contributed by atoms with Crippen molar-refractivity contribution in [1.82, 2.24) is 15.0 Å². The van der Waals surface area contributed by atoms with Crippen molar-refractivity contribution in [2.24, 2.45) is 0 Å². The van der Waals surface area contributed by atoms with Gasteiger partial charge in [-0.05, 0) is 37.1 Å². The first-order chi connectivity index (χ1) is 11.2. The predicted octanol–water partition coefficient (Wildman–Crippen LogP) is 2.66. The van der Waals surface area contributed by atoms with Gasteiger partial charge in [-0.3, -0.25) is 4.79 Å². The molecule has 3 rings (SSSR count). The molecule has 0 aliphatic carbocycles. The summed E-state index contributed by atoms with van der Waals surface area (Å²) in [5.74, 6) is 2.27. The second kappa shape index (κ2) is 6.81. The van der Waals surface area contributed by atoms with Gasteiger partial charge >= 0.3 is 0 Å². The topological polar surface area (TPSA) is 68.5 Å². The number of methoxy groups -OCH3 is 1. The highest BCUT2D eigenvalue weighted by Gasteiger charge is 2.28. The third-order valence-corrected chi connectivity index (χ3v) is 4.19. The van der Waals surface area contributed by atoms with Gasteiger partial charge in [0, 0.05) is 25.1 Å². The van der Waals surface area contributed by atoms with Gasteiger partial charge in [-0.25, -0.2) is 0 Å². The highest BCUT2D eigenvalue weighted by atomic mass is 16.5. The minimum atomic E-state index is 0.0348. The Morgan fingerprint density at radius 1 is 1.39 bits per heavy atom. The summed E-state index contributed by atoms with van der Waals surface area (Å²) in [5, 5.41) is 3.95. The molecule has 1 fully saturated rings. The Bertz CT molecular complexity index is 666. The highest BCUT2D eigenvalue weighted by Crippen LogP contribution is 2.27. The van der Waals surface area contributed by atoms with Crippen molar-refractivity contribution < 1.29 is 14.1 Å². The minimum Gasteiger partial charge on any atom is -0.497 e. The van der Waals surface area contributed by atoms with E-state index in [1.165, 1.54) is 0 Å². The van der Waals surface area contributed by atoms with Crippen molar-refractivity contribution in [3.63, 3.8) is 0 Å². The molecule has 1 aliphatic heterocycles. The molecule has 23 heavy (non-hydrogen) atoms. The average molecular weight is 315 g/mol. The van der Waals surface area contributed by atoms with E-state index in [-0.39, 0.29) is 11.8 Å². The van der Waals surface area contributed by atoms with Crippen molar-refractivity contribution in [3.8, 4) is 5.75 Å². The number of hydrogen-bond acceptors (Lipinski definition) is 5. The molecule has 0 radical (unpaired) electrons. The Morgan fingerprint density at radius 3 is 2.83 bits per heavy atom. The molecule has 0 unspecified atom stereocenters. The zero-order valence-corrected chi connectivity index (χ0v) is 13.5. The lowest BCUT2D eigenvalue weighted by atomic mass is 9.97. The van der Waals surface area contributed by atoms with E-state index in [0.717, 1.165) is 37.4 Å². The van der Waals surface area contributed by atoms with Gasteiger partial charge in [0.05, 0.1) is 13.0 Å². The maximum Gasteiger partial charge on any atom is 0.253 e. The molecule has 122 valence electrons. The second-order valence-corrected chi connectivity index (χ2v) is 5.72. The number of carbonyl (C=O) groups is 1. The fourth-order valence-electron chi connectivity index (χ4n) is 2.86. The van der Waals surface area contributed by atoms with E-state index in [0.29, 0.717) is 18.0 Å². The maximum atomic E-state index is 12.7. The van der Waals surface area contributed by atoms with E-state index in [2.05, 4.69) is 10.1 Å². The van der Waals surface area contributed by atoms with Gasteiger partial charge in [-0.1, -0.05) is 12.1 Å². The fourth-order valence-corrected chi connectivity index (χ4v) is 2.86. The Hall–Kier alpha value is -2.37. The summed E-state index contributed by atoms with van der Waals surface area (Å²) in [6.45, 7) is 3.38. The largest absolute Gasteiger partial charge is 0.497 e. The molecule has 0 N–H and O–H groups in total. The van der Waals surface area contributed by atoms with Gasteiger partial charge in [-0.15, -0.1) is 0 Å². The minimum absolute atomic E-state index is 0.0348. The number of benzene rings is 1. The molecular formula is C17H21N3O3. The molecule has 6 heteroatoms. The Balaban J connectivity index is 1.70. The number of hydrogen-bond donors (Lipinski definition) is 0. The van der Waals surface area contributed by atoms with Crippen LogP contribution < -0.4 is 4.74 Å². The fraction of sp³-hybridized carbons (Fsp3) is 0.471. The number of rotatable bonds is 4. The van der Waals surface area contributed by atoms with Gasteiger partial charge < -0.3 is 14.2 Å². The predicted molar refractivity (Wildman–Crippen MR) is 84.5 cm³/mol. The first-order valence-corrected chi connectivity index (χ1v) is 7.97. The molecule has 0 spiro atoms. The van der Waals surface area contributed by atoms with E-state index in [9.17, 15) is 4.79 Å². The number of aryl methyl sites for hydroxylation is 1. The number of likely N-dealkylation sites (tertiary alicyclic amines) is 1. The average Bonchev–Trinajstić information content (AvgIpc) is 3.10. The molecule has 1 aromatic carbocycles. The Labute approximate surface area is 135 Å². The third-order valence-electron chi connectivity index (χ3n) is 4.19. The molecule has 1 amide bonds. The van der Waals surface area contributed by atoms with Gasteiger partial charge in [0.25, 0.3) is 5.91 Å². The van der Waals surface area contributed by atoms with Crippen LogP contribution in [0.15, 0.2) is 28.8 Å². The molecule has 0 bridgehead atoms. The highest BCUT2D eigenvalue weighted by molar-refractivity contribution is 5.94. The molecule has 0 saturated carbocycles. The summed E-state index contributed by atoms with van der Waals surface area (Å²) >= 11 is 0. The smallest absolute Gasteiger partial charge is 0.253 e. The van der Waals surface area contributed by atoms with Gasteiger partial charge in [0.2, 0.25) is 5.89 Å². The monoisotopic (exact) mass is 315 g/mol. The molecule has 6 nitrogen and oxygen atoms in total. The van der Waals surface area contributed by atoms with Crippen LogP contribution in [0.2, 0.25) is 0 Å². The van der Waals surface area contributed by atoms with Crippen LogP contribution in [0.1, 0.15) is 47.8 Å². The van der Waals surface area contributed by atoms with Crippen molar-refractivity contribution in [2.45, 2.75) is 32.1 Å². The number of ether oxygens (including phenoxy) is 1. The quantitative estimate of drug-likeness (QED) is 0.867. The molecule has 2 heterocycles.